The van der Waals surface area contributed by atoms with E-state index in [9.17, 15) is 9.59 Å². The van der Waals surface area contributed by atoms with Crippen LogP contribution in [0.2, 0.25) is 0 Å². The second-order valence-corrected chi connectivity index (χ2v) is 5.60. The fourth-order valence-corrected chi connectivity index (χ4v) is 2.93. The highest BCUT2D eigenvalue weighted by Crippen LogP contribution is 2.32. The summed E-state index contributed by atoms with van der Waals surface area (Å²) in [5.41, 5.74) is 6.55. The van der Waals surface area contributed by atoms with Gasteiger partial charge in [-0.3, -0.25) is 9.59 Å². The first-order chi connectivity index (χ1) is 10.1. The van der Waals surface area contributed by atoms with Crippen LogP contribution < -0.4 is 11.1 Å². The van der Waals surface area contributed by atoms with Crippen molar-refractivity contribution in [3.8, 4) is 0 Å². The molecule has 22 heavy (non-hydrogen) atoms. The highest BCUT2D eigenvalue weighted by atomic mass is 35.5. The summed E-state index contributed by atoms with van der Waals surface area (Å²) in [6.07, 6.45) is 0.960. The zero-order chi connectivity index (χ0) is 15.2. The van der Waals surface area contributed by atoms with Crippen LogP contribution in [0.1, 0.15) is 24.8 Å². The largest absolute Gasteiger partial charge is 0.346 e. The molecule has 0 bridgehead atoms. The van der Waals surface area contributed by atoms with Gasteiger partial charge >= 0.3 is 0 Å². The summed E-state index contributed by atoms with van der Waals surface area (Å²) in [4.78, 5) is 25.0. The van der Waals surface area contributed by atoms with E-state index in [1.54, 1.807) is 0 Å². The maximum Gasteiger partial charge on any atom is 0.241 e. The van der Waals surface area contributed by atoms with Crippen molar-refractivity contribution >= 4 is 24.2 Å². The molecule has 0 aromatic heterocycles. The van der Waals surface area contributed by atoms with Gasteiger partial charge in [0.25, 0.3) is 0 Å². The second kappa shape index (κ2) is 8.76. The average Bonchev–Trinajstić information content (AvgIpc) is 2.52. The number of likely N-dealkylation sites (tertiary alicyclic amines) is 1. The minimum absolute atomic E-state index is 0. The lowest BCUT2D eigenvalue weighted by atomic mass is 9.81. The normalized spacial score (nSPS) is 20.9. The van der Waals surface area contributed by atoms with Crippen LogP contribution in [-0.2, 0) is 9.59 Å². The van der Waals surface area contributed by atoms with Crippen LogP contribution in [0.3, 0.4) is 0 Å². The van der Waals surface area contributed by atoms with Crippen LogP contribution in [-0.4, -0.2) is 42.9 Å². The van der Waals surface area contributed by atoms with Crippen LogP contribution in [0.15, 0.2) is 30.3 Å². The van der Waals surface area contributed by atoms with Crippen LogP contribution in [0, 0.1) is 5.92 Å². The molecule has 0 radical (unpaired) electrons. The number of hydrogen-bond acceptors (Lipinski definition) is 3. The van der Waals surface area contributed by atoms with Crippen molar-refractivity contribution in [2.75, 3.05) is 26.2 Å². The summed E-state index contributed by atoms with van der Waals surface area (Å²) in [5, 5.41) is 2.53. The van der Waals surface area contributed by atoms with Gasteiger partial charge in [-0.15, -0.1) is 12.4 Å². The number of carbonyl (C=O) groups excluding carboxylic acids is 2. The SMILES string of the molecule is CC1CN(C(=O)CNC(=O)CN)CCC1c1ccccc1.Cl. The van der Waals surface area contributed by atoms with Crippen molar-refractivity contribution in [2.45, 2.75) is 19.3 Å². The Bertz CT molecular complexity index is 495. The maximum atomic E-state index is 12.1. The standard InChI is InChI=1S/C16H23N3O2.ClH/c1-12-11-19(16(21)10-18-15(20)9-17)8-7-14(12)13-5-3-2-4-6-13;/h2-6,12,14H,7-11,17H2,1H3,(H,18,20);1H. The summed E-state index contributed by atoms with van der Waals surface area (Å²) in [6, 6.07) is 10.4. The number of rotatable bonds is 4. The van der Waals surface area contributed by atoms with E-state index in [4.69, 9.17) is 5.73 Å². The van der Waals surface area contributed by atoms with Crippen LogP contribution in [0.4, 0.5) is 0 Å². The molecule has 2 amide bonds. The van der Waals surface area contributed by atoms with Gasteiger partial charge in [0.1, 0.15) is 0 Å². The highest BCUT2D eigenvalue weighted by molar-refractivity contribution is 5.85. The number of piperidine rings is 1. The minimum atomic E-state index is -0.296. The van der Waals surface area contributed by atoms with Crippen LogP contribution in [0.5, 0.6) is 0 Å². The Morgan fingerprint density at radius 1 is 1.32 bits per heavy atom. The third-order valence-electron chi connectivity index (χ3n) is 4.11. The third-order valence-corrected chi connectivity index (χ3v) is 4.11. The number of nitrogens with one attached hydrogen (secondary N) is 1. The van der Waals surface area contributed by atoms with Crippen LogP contribution in [0.25, 0.3) is 0 Å². The molecule has 2 rings (SSSR count). The Morgan fingerprint density at radius 2 is 2.00 bits per heavy atom. The number of nitrogens with zero attached hydrogens (tertiary/aromatic N) is 1. The molecule has 1 heterocycles. The Hall–Kier alpha value is -1.59. The molecule has 5 nitrogen and oxygen atoms in total. The van der Waals surface area contributed by atoms with E-state index < -0.39 is 0 Å². The predicted octanol–water partition coefficient (Wildman–Crippen LogP) is 1.14. The quantitative estimate of drug-likeness (QED) is 0.871. The van der Waals surface area contributed by atoms with Crippen molar-refractivity contribution in [1.82, 2.24) is 10.2 Å². The summed E-state index contributed by atoms with van der Waals surface area (Å²) in [6.45, 7) is 3.60. The molecule has 1 aliphatic heterocycles. The van der Waals surface area contributed by atoms with E-state index in [1.165, 1.54) is 5.56 Å². The third kappa shape index (κ3) is 4.71. The van der Waals surface area contributed by atoms with Gasteiger partial charge in [-0.05, 0) is 23.8 Å². The summed E-state index contributed by atoms with van der Waals surface area (Å²) in [5.74, 6) is 0.579. The van der Waals surface area contributed by atoms with E-state index in [2.05, 4.69) is 36.5 Å². The molecule has 0 aliphatic carbocycles. The zero-order valence-corrected chi connectivity index (χ0v) is 13.6. The number of nitrogens with two attached hydrogens (primary N) is 1. The first kappa shape index (κ1) is 18.5. The molecular formula is C16H24ClN3O2. The lowest BCUT2D eigenvalue weighted by Gasteiger charge is -2.37. The summed E-state index contributed by atoms with van der Waals surface area (Å²) < 4.78 is 0. The molecular weight excluding hydrogens is 302 g/mol. The Balaban J connectivity index is 0.00000242. The topological polar surface area (TPSA) is 75.4 Å². The van der Waals surface area contributed by atoms with E-state index >= 15 is 0 Å². The van der Waals surface area contributed by atoms with E-state index in [1.807, 2.05) is 11.0 Å². The first-order valence-corrected chi connectivity index (χ1v) is 7.41. The van der Waals surface area contributed by atoms with Gasteiger partial charge in [-0.25, -0.2) is 0 Å². The fraction of sp³-hybridized carbons (Fsp3) is 0.500. The van der Waals surface area contributed by atoms with E-state index in [-0.39, 0.29) is 37.3 Å². The monoisotopic (exact) mass is 325 g/mol. The van der Waals surface area contributed by atoms with Gasteiger partial charge in [0.2, 0.25) is 11.8 Å². The van der Waals surface area contributed by atoms with Gasteiger partial charge in [0, 0.05) is 13.1 Å². The minimum Gasteiger partial charge on any atom is -0.346 e. The average molecular weight is 326 g/mol. The molecule has 2 atom stereocenters. The molecule has 2 unspecified atom stereocenters. The van der Waals surface area contributed by atoms with E-state index in [0.29, 0.717) is 11.8 Å². The number of amides is 2. The number of carbonyl (C=O) groups is 2. The lowest BCUT2D eigenvalue weighted by Crippen LogP contribution is -2.47. The highest BCUT2D eigenvalue weighted by Gasteiger charge is 2.29. The Morgan fingerprint density at radius 3 is 2.59 bits per heavy atom. The van der Waals surface area contributed by atoms with Crippen molar-refractivity contribution in [1.29, 1.82) is 0 Å². The predicted molar refractivity (Wildman–Crippen MR) is 88.9 cm³/mol. The molecule has 1 fully saturated rings. The molecule has 1 aromatic carbocycles. The first-order valence-electron chi connectivity index (χ1n) is 7.41. The van der Waals surface area contributed by atoms with Gasteiger partial charge in [0.05, 0.1) is 13.1 Å². The van der Waals surface area contributed by atoms with Gasteiger partial charge < -0.3 is 16.0 Å². The van der Waals surface area contributed by atoms with E-state index in [0.717, 1.165) is 19.5 Å². The zero-order valence-electron chi connectivity index (χ0n) is 12.8. The smallest absolute Gasteiger partial charge is 0.241 e. The Kier molecular flexibility index (Phi) is 7.35. The van der Waals surface area contributed by atoms with Crippen molar-refractivity contribution in [3.63, 3.8) is 0 Å². The molecule has 0 spiro atoms. The molecule has 3 N–H and O–H groups in total. The second-order valence-electron chi connectivity index (χ2n) is 5.60. The molecule has 0 saturated carbocycles. The molecule has 1 saturated heterocycles. The maximum absolute atomic E-state index is 12.1. The van der Waals surface area contributed by atoms with Crippen molar-refractivity contribution in [3.05, 3.63) is 35.9 Å². The van der Waals surface area contributed by atoms with Gasteiger partial charge in [-0.2, -0.15) is 0 Å². The lowest BCUT2D eigenvalue weighted by molar-refractivity contribution is -0.134. The van der Waals surface area contributed by atoms with Crippen molar-refractivity contribution < 1.29 is 9.59 Å². The summed E-state index contributed by atoms with van der Waals surface area (Å²) in [7, 11) is 0. The Labute approximate surface area is 137 Å². The molecule has 1 aliphatic rings. The molecule has 6 heteroatoms. The number of halogens is 1. The van der Waals surface area contributed by atoms with Crippen LogP contribution >= 0.6 is 12.4 Å². The number of hydrogen-bond donors (Lipinski definition) is 2. The van der Waals surface area contributed by atoms with Crippen molar-refractivity contribution in [2.24, 2.45) is 11.7 Å². The molecule has 122 valence electrons. The molecule has 1 aromatic rings. The number of benzene rings is 1. The van der Waals surface area contributed by atoms with Gasteiger partial charge in [-0.1, -0.05) is 37.3 Å². The fourth-order valence-electron chi connectivity index (χ4n) is 2.93. The van der Waals surface area contributed by atoms with Gasteiger partial charge in [0.15, 0.2) is 0 Å². The summed E-state index contributed by atoms with van der Waals surface area (Å²) >= 11 is 0.